The zero-order chi connectivity index (χ0) is 20.9. The molecule has 3 N–H and O–H groups in total. The zero-order valence-corrected chi connectivity index (χ0v) is 18.1. The third-order valence-electron chi connectivity index (χ3n) is 6.00. The summed E-state index contributed by atoms with van der Waals surface area (Å²) in [5.41, 5.74) is 2.44. The molecular weight excluding hydrogens is 376 g/mol. The average molecular weight is 409 g/mol. The summed E-state index contributed by atoms with van der Waals surface area (Å²) in [6, 6.07) is 8.55. The highest BCUT2D eigenvalue weighted by Gasteiger charge is 2.21. The van der Waals surface area contributed by atoms with E-state index in [4.69, 9.17) is 4.74 Å². The number of ether oxygens (including phenoxy) is 1. The molecule has 30 heavy (non-hydrogen) atoms. The predicted octanol–water partition coefficient (Wildman–Crippen LogP) is 3.79. The second-order valence-corrected chi connectivity index (χ2v) is 8.35. The van der Waals surface area contributed by atoms with Crippen LogP contribution in [-0.4, -0.2) is 48.7 Å². The fraction of sp³-hybridized carbons (Fsp3) is 0.478. The molecule has 1 saturated carbocycles. The lowest BCUT2D eigenvalue weighted by Gasteiger charge is -2.29. The lowest BCUT2D eigenvalue weighted by molar-refractivity contribution is 0.324. The standard InChI is InChI=1S/C23H32N6O/c1-29(2)22-10-11-25-23(28-22)27-18-6-4-16(5-7-18)13-24-14-17-15-26-21-9-8-19(30-3)12-20(17)21/h8-12,15-16,18,24,26H,4-7,13-14H2,1-3H3,(H,25,27,28)/t16-,18+. The number of benzene rings is 1. The molecule has 160 valence electrons. The Morgan fingerprint density at radius 2 is 2.00 bits per heavy atom. The summed E-state index contributed by atoms with van der Waals surface area (Å²) < 4.78 is 5.37. The van der Waals surface area contributed by atoms with Crippen LogP contribution in [0.25, 0.3) is 10.9 Å². The second kappa shape index (κ2) is 9.34. The minimum atomic E-state index is 0.458. The van der Waals surface area contributed by atoms with Crippen molar-refractivity contribution in [3.8, 4) is 5.75 Å². The molecule has 1 aliphatic rings. The number of nitrogens with one attached hydrogen (secondary N) is 3. The molecule has 0 aliphatic heterocycles. The van der Waals surface area contributed by atoms with Crippen LogP contribution in [0, 0.1) is 5.92 Å². The molecule has 1 aliphatic carbocycles. The van der Waals surface area contributed by atoms with E-state index in [9.17, 15) is 0 Å². The van der Waals surface area contributed by atoms with Crippen molar-refractivity contribution in [1.82, 2.24) is 20.3 Å². The summed E-state index contributed by atoms with van der Waals surface area (Å²) in [4.78, 5) is 14.3. The first-order valence-electron chi connectivity index (χ1n) is 10.7. The van der Waals surface area contributed by atoms with Gasteiger partial charge in [0.2, 0.25) is 5.95 Å². The van der Waals surface area contributed by atoms with E-state index in [1.807, 2.05) is 37.3 Å². The lowest BCUT2D eigenvalue weighted by Crippen LogP contribution is -2.31. The third-order valence-corrected chi connectivity index (χ3v) is 6.00. The first-order valence-corrected chi connectivity index (χ1v) is 10.7. The molecule has 2 heterocycles. The minimum Gasteiger partial charge on any atom is -0.497 e. The van der Waals surface area contributed by atoms with Gasteiger partial charge < -0.3 is 25.3 Å². The van der Waals surface area contributed by atoms with E-state index in [-0.39, 0.29) is 0 Å². The highest BCUT2D eigenvalue weighted by atomic mass is 16.5. The van der Waals surface area contributed by atoms with Crippen molar-refractivity contribution in [1.29, 1.82) is 0 Å². The molecule has 0 bridgehead atoms. The lowest BCUT2D eigenvalue weighted by atomic mass is 9.86. The number of hydrogen-bond acceptors (Lipinski definition) is 6. The highest BCUT2D eigenvalue weighted by molar-refractivity contribution is 5.84. The van der Waals surface area contributed by atoms with Crippen LogP contribution in [0.15, 0.2) is 36.7 Å². The first kappa shape index (κ1) is 20.5. The van der Waals surface area contributed by atoms with Gasteiger partial charge in [0.1, 0.15) is 11.6 Å². The number of aromatic nitrogens is 3. The van der Waals surface area contributed by atoms with Gasteiger partial charge in [-0.1, -0.05) is 0 Å². The van der Waals surface area contributed by atoms with Crippen molar-refractivity contribution < 1.29 is 4.74 Å². The zero-order valence-electron chi connectivity index (χ0n) is 18.1. The Bertz CT molecular complexity index is 961. The molecule has 1 fully saturated rings. The van der Waals surface area contributed by atoms with Gasteiger partial charge in [0.15, 0.2) is 0 Å². The number of nitrogens with zero attached hydrogens (tertiary/aromatic N) is 3. The average Bonchev–Trinajstić information content (AvgIpc) is 3.17. The van der Waals surface area contributed by atoms with E-state index >= 15 is 0 Å². The van der Waals surface area contributed by atoms with E-state index in [2.05, 4.69) is 43.9 Å². The molecule has 1 aromatic carbocycles. The van der Waals surface area contributed by atoms with Gasteiger partial charge >= 0.3 is 0 Å². The van der Waals surface area contributed by atoms with Crippen LogP contribution in [0.5, 0.6) is 5.75 Å². The Morgan fingerprint density at radius 3 is 2.77 bits per heavy atom. The van der Waals surface area contributed by atoms with Crippen LogP contribution in [-0.2, 0) is 6.54 Å². The SMILES string of the molecule is COc1ccc2[nH]cc(CNC[C@H]3CC[C@@H](Nc4nccc(N(C)C)n4)CC3)c2c1. The van der Waals surface area contributed by atoms with Gasteiger partial charge in [-0.3, -0.25) is 0 Å². The molecule has 0 saturated heterocycles. The Balaban J connectivity index is 1.23. The van der Waals surface area contributed by atoms with Crippen molar-refractivity contribution >= 4 is 22.7 Å². The van der Waals surface area contributed by atoms with Crippen LogP contribution >= 0.6 is 0 Å². The van der Waals surface area contributed by atoms with E-state index in [1.54, 1.807) is 7.11 Å². The van der Waals surface area contributed by atoms with E-state index in [0.29, 0.717) is 6.04 Å². The van der Waals surface area contributed by atoms with Gasteiger partial charge in [0.25, 0.3) is 0 Å². The summed E-state index contributed by atoms with van der Waals surface area (Å²) >= 11 is 0. The van der Waals surface area contributed by atoms with Gasteiger partial charge in [-0.2, -0.15) is 4.98 Å². The molecule has 4 rings (SSSR count). The Hall–Kier alpha value is -2.80. The fourth-order valence-electron chi connectivity index (χ4n) is 4.20. The maximum atomic E-state index is 5.37. The minimum absolute atomic E-state index is 0.458. The van der Waals surface area contributed by atoms with Gasteiger partial charge in [-0.15, -0.1) is 0 Å². The van der Waals surface area contributed by atoms with Gasteiger partial charge in [0, 0.05) is 50.0 Å². The molecule has 0 radical (unpaired) electrons. The van der Waals surface area contributed by atoms with Gasteiger partial charge in [-0.25, -0.2) is 4.98 Å². The molecule has 0 unspecified atom stereocenters. The maximum Gasteiger partial charge on any atom is 0.224 e. The Labute approximate surface area is 178 Å². The molecular formula is C23H32N6O. The molecule has 0 atom stereocenters. The fourth-order valence-corrected chi connectivity index (χ4v) is 4.20. The van der Waals surface area contributed by atoms with Crippen molar-refractivity contribution in [2.75, 3.05) is 38.0 Å². The normalized spacial score (nSPS) is 19.0. The van der Waals surface area contributed by atoms with Crippen LogP contribution in [0.2, 0.25) is 0 Å². The van der Waals surface area contributed by atoms with Gasteiger partial charge in [0.05, 0.1) is 7.11 Å². The number of aromatic amines is 1. The smallest absolute Gasteiger partial charge is 0.224 e. The number of hydrogen-bond donors (Lipinski definition) is 3. The summed E-state index contributed by atoms with van der Waals surface area (Å²) in [5, 5.41) is 8.41. The number of anilines is 2. The molecule has 0 spiro atoms. The van der Waals surface area contributed by atoms with Crippen molar-refractivity contribution in [3.63, 3.8) is 0 Å². The molecule has 3 aromatic rings. The van der Waals surface area contributed by atoms with Crippen molar-refractivity contribution in [3.05, 3.63) is 42.2 Å². The number of fused-ring (bicyclic) bond motifs is 1. The number of methoxy groups -OCH3 is 1. The van der Waals surface area contributed by atoms with Crippen LogP contribution in [0.1, 0.15) is 31.2 Å². The Morgan fingerprint density at radius 1 is 1.17 bits per heavy atom. The second-order valence-electron chi connectivity index (χ2n) is 8.35. The van der Waals surface area contributed by atoms with E-state index in [0.717, 1.165) is 54.9 Å². The largest absolute Gasteiger partial charge is 0.497 e. The van der Waals surface area contributed by atoms with E-state index < -0.39 is 0 Å². The van der Waals surface area contributed by atoms with Crippen molar-refractivity contribution in [2.24, 2.45) is 5.92 Å². The van der Waals surface area contributed by atoms with E-state index in [1.165, 1.54) is 23.8 Å². The maximum absolute atomic E-state index is 5.37. The monoisotopic (exact) mass is 408 g/mol. The summed E-state index contributed by atoms with van der Waals surface area (Å²) in [6.07, 6.45) is 8.68. The Kier molecular flexibility index (Phi) is 6.38. The number of rotatable bonds is 8. The summed E-state index contributed by atoms with van der Waals surface area (Å²) in [7, 11) is 5.70. The first-order chi connectivity index (χ1) is 14.6. The van der Waals surface area contributed by atoms with Crippen molar-refractivity contribution in [2.45, 2.75) is 38.3 Å². The number of H-pyrrole nitrogens is 1. The van der Waals surface area contributed by atoms with Gasteiger partial charge in [-0.05, 0) is 68.0 Å². The molecule has 7 nitrogen and oxygen atoms in total. The third kappa shape index (κ3) is 4.84. The molecule has 0 amide bonds. The van der Waals surface area contributed by atoms with Crippen LogP contribution < -0.4 is 20.3 Å². The van der Waals surface area contributed by atoms with Crippen LogP contribution in [0.4, 0.5) is 11.8 Å². The van der Waals surface area contributed by atoms with Crippen LogP contribution in [0.3, 0.4) is 0 Å². The summed E-state index contributed by atoms with van der Waals surface area (Å²) in [5.74, 6) is 3.28. The molecule has 7 heteroatoms. The topological polar surface area (TPSA) is 78.1 Å². The quantitative estimate of drug-likeness (QED) is 0.526. The predicted molar refractivity (Wildman–Crippen MR) is 122 cm³/mol. The molecule has 2 aromatic heterocycles. The highest BCUT2D eigenvalue weighted by Crippen LogP contribution is 2.27. The summed E-state index contributed by atoms with van der Waals surface area (Å²) in [6.45, 7) is 1.92.